The van der Waals surface area contributed by atoms with Gasteiger partial charge < -0.3 is 48.9 Å². The van der Waals surface area contributed by atoms with Crippen molar-refractivity contribution in [1.82, 2.24) is 39.9 Å². The number of ether oxygens (including phenoxy) is 2. The fourth-order valence-electron chi connectivity index (χ4n) is 16.3. The molecule has 16 bridgehead atoms. The fraction of sp³-hybridized carbons (Fsp3) is 0.0928. The number of hydrogen-bond acceptors (Lipinski definition) is 10. The number of aromatic nitrogens is 8. The summed E-state index contributed by atoms with van der Waals surface area (Å²) in [5, 5.41) is 24.3. The number of rotatable bonds is 11. The highest BCUT2D eigenvalue weighted by Gasteiger charge is 2.51. The summed E-state index contributed by atoms with van der Waals surface area (Å²) in [5.41, 5.74) is 32.9. The van der Waals surface area contributed by atoms with Crippen molar-refractivity contribution in [2.45, 2.75) is 51.5 Å². The molecule has 0 amide bonds. The third-order valence-corrected chi connectivity index (χ3v) is 21.9. The molecule has 8 aromatic carbocycles. The normalized spacial score (nSPS) is 16.9. The molecule has 540 valence electrons. The average molecular weight is 1460 g/mol. The zero-order chi connectivity index (χ0) is 75.1. The van der Waals surface area contributed by atoms with Gasteiger partial charge in [-0.3, -0.25) is 0 Å². The van der Waals surface area contributed by atoms with Gasteiger partial charge in [-0.25, -0.2) is 19.9 Å². The van der Waals surface area contributed by atoms with Gasteiger partial charge in [-0.1, -0.05) is 217 Å². The summed E-state index contributed by atoms with van der Waals surface area (Å²) in [5.74, 6) is 0.409. The Balaban J connectivity index is 0.635. The van der Waals surface area contributed by atoms with E-state index in [1.165, 1.54) is 5.56 Å². The summed E-state index contributed by atoms with van der Waals surface area (Å²) in [7, 11) is -0.949. The van der Waals surface area contributed by atoms with E-state index in [0.717, 1.165) is 190 Å². The van der Waals surface area contributed by atoms with Crippen molar-refractivity contribution in [3.8, 4) is 94.8 Å². The largest absolute Gasteiger partial charge is 0.494 e. The molecule has 6 aliphatic rings. The summed E-state index contributed by atoms with van der Waals surface area (Å²) in [6.45, 7) is 6.33. The smallest absolute Gasteiger partial charge is 0.462 e. The molecule has 20 rings (SSSR count). The van der Waals surface area contributed by atoms with Gasteiger partial charge in [0.15, 0.2) is 0 Å². The Morgan fingerprint density at radius 1 is 0.321 bits per heavy atom. The van der Waals surface area contributed by atoms with E-state index in [-0.39, 0.29) is 6.61 Å². The number of aliphatic hydroxyl groups is 2. The molecule has 0 aliphatic carbocycles. The molecule has 12 heterocycles. The molecule has 0 unspecified atom stereocenters. The van der Waals surface area contributed by atoms with E-state index in [1.807, 2.05) is 84.9 Å². The van der Waals surface area contributed by atoms with Crippen LogP contribution in [0, 0.1) is 20.8 Å². The lowest BCUT2D eigenvalue weighted by Gasteiger charge is -2.45. The molecule has 0 spiro atoms. The van der Waals surface area contributed by atoms with Crippen molar-refractivity contribution in [3.63, 3.8) is 0 Å². The van der Waals surface area contributed by atoms with E-state index in [0.29, 0.717) is 11.2 Å². The number of benzene rings is 8. The van der Waals surface area contributed by atoms with Crippen molar-refractivity contribution in [1.29, 1.82) is 0 Å². The number of aromatic amines is 4. The van der Waals surface area contributed by atoms with Gasteiger partial charge in [-0.15, -0.1) is 0 Å². The van der Waals surface area contributed by atoms with E-state index in [9.17, 15) is 10.2 Å². The van der Waals surface area contributed by atoms with Gasteiger partial charge in [-0.05, 0) is 180 Å². The van der Waals surface area contributed by atoms with Crippen LogP contribution in [0.25, 0.3) is 182 Å². The van der Waals surface area contributed by atoms with Crippen LogP contribution in [0.5, 0.6) is 5.75 Å². The van der Waals surface area contributed by atoms with Crippen LogP contribution in [-0.4, -0.2) is 94.5 Å². The van der Waals surface area contributed by atoms with Gasteiger partial charge in [0.25, 0.3) is 0 Å². The second-order valence-electron chi connectivity index (χ2n) is 29.3. The second-order valence-corrected chi connectivity index (χ2v) is 29.3. The first-order chi connectivity index (χ1) is 55.0. The number of nitrogens with one attached hydrogen (secondary N) is 4. The molecule has 0 saturated carbocycles. The molecular formula is C97H73BN8O6. The minimum atomic E-state index is -1.51. The Hall–Kier alpha value is -13.4. The minimum absolute atomic E-state index is 0.0311. The third kappa shape index (κ3) is 12.5. The second kappa shape index (κ2) is 28.2. The molecule has 14 nitrogen and oxygen atoms in total. The predicted octanol–water partition coefficient (Wildman–Crippen LogP) is 20.5. The van der Waals surface area contributed by atoms with Gasteiger partial charge >= 0.3 is 7.12 Å². The van der Waals surface area contributed by atoms with Crippen molar-refractivity contribution in [3.05, 3.63) is 323 Å². The Kier molecular flexibility index (Phi) is 17.1. The van der Waals surface area contributed by atoms with Crippen LogP contribution in [-0.2, 0) is 14.0 Å². The summed E-state index contributed by atoms with van der Waals surface area (Å²) in [6.07, 6.45) is 10.8. The molecule has 112 heavy (non-hydrogen) atoms. The van der Waals surface area contributed by atoms with Gasteiger partial charge in [-0.2, -0.15) is 0 Å². The van der Waals surface area contributed by atoms with Crippen LogP contribution in [0.4, 0.5) is 0 Å². The van der Waals surface area contributed by atoms with E-state index in [4.69, 9.17) is 38.7 Å². The van der Waals surface area contributed by atoms with E-state index < -0.39 is 37.8 Å². The number of hydrogen-bond donors (Lipinski definition) is 6. The molecular weight excluding hydrogens is 1380 g/mol. The van der Waals surface area contributed by atoms with Crippen LogP contribution in [0.15, 0.2) is 261 Å². The minimum Gasteiger partial charge on any atom is -0.462 e. The number of fused-ring (bicyclic) bond motifs is 17. The molecule has 2 fully saturated rings. The highest BCUT2D eigenvalue weighted by atomic mass is 16.7. The zero-order valence-electron chi connectivity index (χ0n) is 61.4. The molecule has 0 radical (unpaired) electrons. The molecule has 5 atom stereocenters. The van der Waals surface area contributed by atoms with Crippen molar-refractivity contribution < 1.29 is 29.0 Å². The van der Waals surface area contributed by atoms with Crippen LogP contribution in [0.2, 0.25) is 0 Å². The number of aryl methyl sites for hydroxylation is 3. The third-order valence-electron chi connectivity index (χ3n) is 21.9. The maximum Gasteiger partial charge on any atom is 0.494 e. The van der Waals surface area contributed by atoms with Gasteiger partial charge in [0.05, 0.1) is 52.2 Å². The summed E-state index contributed by atoms with van der Waals surface area (Å²) >= 11 is 0. The van der Waals surface area contributed by atoms with Crippen molar-refractivity contribution in [2.75, 3.05) is 6.61 Å². The van der Waals surface area contributed by atoms with E-state index in [2.05, 4.69) is 265 Å². The van der Waals surface area contributed by atoms with E-state index in [1.54, 1.807) is 0 Å². The number of aliphatic hydroxyl groups excluding tert-OH is 2. The van der Waals surface area contributed by atoms with Crippen LogP contribution < -0.4 is 10.2 Å². The number of H-pyrrole nitrogens is 4. The maximum atomic E-state index is 12.2. The molecule has 14 aromatic rings. The summed E-state index contributed by atoms with van der Waals surface area (Å²) in [6, 6.07) is 89.6. The monoisotopic (exact) mass is 1460 g/mol. The maximum absolute atomic E-state index is 12.2. The first-order valence-electron chi connectivity index (χ1n) is 37.9. The van der Waals surface area contributed by atoms with Gasteiger partial charge in [0.2, 0.25) is 6.29 Å². The lowest BCUT2D eigenvalue weighted by molar-refractivity contribution is -0.282. The van der Waals surface area contributed by atoms with Crippen molar-refractivity contribution in [2.24, 2.45) is 0 Å². The Labute approximate surface area is 646 Å². The van der Waals surface area contributed by atoms with Crippen LogP contribution in [0.1, 0.15) is 62.2 Å². The summed E-state index contributed by atoms with van der Waals surface area (Å²) < 4.78 is 26.4. The zero-order valence-corrected chi connectivity index (χ0v) is 61.4. The Morgan fingerprint density at radius 3 is 0.929 bits per heavy atom. The Bertz CT molecular complexity index is 6480. The van der Waals surface area contributed by atoms with Crippen molar-refractivity contribution >= 4 is 105 Å². The molecule has 15 heteroatoms. The quantitative estimate of drug-likeness (QED) is 0.0679. The topological polar surface area (TPSA) is 192 Å². The molecule has 6 N–H and O–H groups in total. The molecule has 6 aromatic heterocycles. The first-order valence-corrected chi connectivity index (χ1v) is 37.9. The van der Waals surface area contributed by atoms with Gasteiger partial charge in [0.1, 0.15) is 30.2 Å². The lowest BCUT2D eigenvalue weighted by Crippen LogP contribution is -2.66. The van der Waals surface area contributed by atoms with Crippen LogP contribution in [0.3, 0.4) is 0 Å². The first kappa shape index (κ1) is 67.9. The average Bonchev–Trinajstić information content (AvgIpc) is 1.55. The lowest BCUT2D eigenvalue weighted by atomic mass is 9.75. The Morgan fingerprint density at radius 2 is 0.607 bits per heavy atom. The highest BCUT2D eigenvalue weighted by Crippen LogP contribution is 2.43. The van der Waals surface area contributed by atoms with Gasteiger partial charge in [0, 0.05) is 88.6 Å². The predicted molar refractivity (Wildman–Crippen MR) is 453 cm³/mol. The SMILES string of the molecule is Cc1ccc(-c2c3nc(c(-c4ccc(C)cc4)c4ccc([nH]4)c(-c4ccc(O[C@@H]5O[C@@H]6COB(c7cccc(-c8c9nc(c(-c%10ccccc%10)c%10ccc([nH]%10)c(-c%10ccccc%10)c%10nc(c(-c%11ccccc%11)c%11ccc8[nH]%11)C=C%10)C=C9)c7)O[C@H]6[C@H](O)[C@H]5O)cc4)c4nc(c(-c5ccc(C)cc5)c5ccc2[nH]5)C=C4)C=C3)cc1. The molecule has 6 aliphatic heterocycles. The number of nitrogens with zero attached hydrogens (tertiary/aromatic N) is 4. The summed E-state index contributed by atoms with van der Waals surface area (Å²) in [4.78, 5) is 37.5. The standard InChI is InChI=1S/C97H73BN8O6/c1-56-22-28-62(29-23-56)89-75-42-44-77(101-75)90(63-30-24-57(2)25-31-63)79-46-48-81(103-79)92(82-49-47-80(104-82)91(78-45-43-76(89)102-78)64-32-26-58(3)27-33-64)65-34-36-68(37-35-65)110-97-95(108)94(107)96-85(111-97)55-109-98(112-96)67-21-13-20-66(54-67)93-83-52-50-73(105-83)87(60-16-9-5-10-17-60)71-40-38-69(99-71)86(59-14-7-4-8-15-59)70-39-41-72(100-70)88(61-18-11-6-12-19-61)74-51-53-84(93)106-74/h4-54,85,94-97,99,101,104,106-108H,55H2,1-3H3/t85-,94-,95-,96-,97-/m1/s1. The fourth-order valence-corrected chi connectivity index (χ4v) is 16.3. The van der Waals surface area contributed by atoms with Crippen LogP contribution >= 0.6 is 0 Å². The molecule has 2 saturated heterocycles. The van der Waals surface area contributed by atoms with E-state index >= 15 is 0 Å². The highest BCUT2D eigenvalue weighted by molar-refractivity contribution is 6.61.